The molecule has 0 radical (unpaired) electrons. The Bertz CT molecular complexity index is 396. The van der Waals surface area contributed by atoms with Crippen LogP contribution in [-0.4, -0.2) is 23.3 Å². The predicted molar refractivity (Wildman–Crippen MR) is 46.4 cm³/mol. The third-order valence-electron chi connectivity index (χ3n) is 3.33. The van der Waals surface area contributed by atoms with Crippen molar-refractivity contribution >= 4 is 0 Å². The van der Waals surface area contributed by atoms with Crippen LogP contribution in [-0.2, 0) is 12.6 Å². The lowest BCUT2D eigenvalue weighted by atomic mass is 9.95. The van der Waals surface area contributed by atoms with E-state index < -0.39 is 11.9 Å². The average molecular weight is 217 g/mol. The van der Waals surface area contributed by atoms with E-state index in [4.69, 9.17) is 0 Å². The van der Waals surface area contributed by atoms with Crippen LogP contribution in [0.1, 0.15) is 22.9 Å². The van der Waals surface area contributed by atoms with E-state index in [-0.39, 0.29) is 5.92 Å². The smallest absolute Gasteiger partial charge is 0.316 e. The molecule has 0 amide bonds. The molecule has 3 nitrogen and oxygen atoms in total. The molecule has 0 saturated carbocycles. The monoisotopic (exact) mass is 217 g/mol. The zero-order valence-electron chi connectivity index (χ0n) is 7.86. The van der Waals surface area contributed by atoms with E-state index in [0.717, 1.165) is 6.54 Å². The largest absolute Gasteiger partial charge is 0.435 e. The molecule has 0 aromatic carbocycles. The summed E-state index contributed by atoms with van der Waals surface area (Å²) in [6.07, 6.45) is -3.64. The van der Waals surface area contributed by atoms with Crippen molar-refractivity contribution in [1.82, 2.24) is 15.5 Å². The number of aromatic nitrogens is 2. The summed E-state index contributed by atoms with van der Waals surface area (Å²) in [5.41, 5.74) is 0.366. The summed E-state index contributed by atoms with van der Waals surface area (Å²) in [6.45, 7) is 1.45. The van der Waals surface area contributed by atoms with Crippen LogP contribution in [0.2, 0.25) is 0 Å². The molecule has 2 aliphatic rings. The summed E-state index contributed by atoms with van der Waals surface area (Å²) < 4.78 is 37.9. The summed E-state index contributed by atoms with van der Waals surface area (Å²) >= 11 is 0. The molecule has 1 aromatic rings. The lowest BCUT2D eigenvalue weighted by molar-refractivity contribution is -0.141. The number of rotatable bonds is 0. The molecule has 1 aliphatic carbocycles. The Hall–Kier alpha value is -1.04. The Kier molecular flexibility index (Phi) is 1.69. The molecule has 2 atom stereocenters. The molecule has 1 aliphatic heterocycles. The fourth-order valence-corrected chi connectivity index (χ4v) is 2.71. The number of hydrogen-bond acceptors (Lipinski definition) is 2. The molecule has 0 bridgehead atoms. The minimum absolute atomic E-state index is 0.00428. The molecule has 2 unspecified atom stereocenters. The van der Waals surface area contributed by atoms with Crippen LogP contribution in [0.5, 0.6) is 0 Å². The molecule has 1 aromatic heterocycles. The summed E-state index contributed by atoms with van der Waals surface area (Å²) in [4.78, 5) is 0. The SMILES string of the molecule is FC(F)(F)c1n[nH]c2c1C1CNCC1C2. The summed E-state index contributed by atoms with van der Waals surface area (Å²) in [6, 6.07) is 0. The molecule has 2 heterocycles. The fraction of sp³-hybridized carbons (Fsp3) is 0.667. The quantitative estimate of drug-likeness (QED) is 0.687. The van der Waals surface area contributed by atoms with Crippen molar-refractivity contribution in [2.24, 2.45) is 5.92 Å². The normalized spacial score (nSPS) is 29.3. The Morgan fingerprint density at radius 2 is 2.07 bits per heavy atom. The van der Waals surface area contributed by atoms with Gasteiger partial charge in [-0.05, 0) is 18.9 Å². The maximum atomic E-state index is 12.6. The van der Waals surface area contributed by atoms with Gasteiger partial charge in [-0.1, -0.05) is 0 Å². The molecular weight excluding hydrogens is 207 g/mol. The van der Waals surface area contributed by atoms with Crippen molar-refractivity contribution in [3.63, 3.8) is 0 Å². The average Bonchev–Trinajstić information content (AvgIpc) is 2.68. The van der Waals surface area contributed by atoms with Gasteiger partial charge < -0.3 is 5.32 Å². The second-order valence-corrected chi connectivity index (χ2v) is 4.19. The fourth-order valence-electron chi connectivity index (χ4n) is 2.71. The van der Waals surface area contributed by atoms with Gasteiger partial charge in [-0.2, -0.15) is 18.3 Å². The van der Waals surface area contributed by atoms with Gasteiger partial charge in [0, 0.05) is 23.7 Å². The van der Waals surface area contributed by atoms with Gasteiger partial charge in [0.15, 0.2) is 5.69 Å². The first-order valence-corrected chi connectivity index (χ1v) is 4.92. The molecule has 82 valence electrons. The molecule has 0 spiro atoms. The van der Waals surface area contributed by atoms with Gasteiger partial charge in [-0.25, -0.2) is 0 Å². The van der Waals surface area contributed by atoms with Gasteiger partial charge in [0.1, 0.15) is 0 Å². The number of fused-ring (bicyclic) bond motifs is 3. The van der Waals surface area contributed by atoms with Crippen LogP contribution in [0.15, 0.2) is 0 Å². The minimum Gasteiger partial charge on any atom is -0.316 e. The van der Waals surface area contributed by atoms with E-state index in [1.54, 1.807) is 0 Å². The number of aromatic amines is 1. The van der Waals surface area contributed by atoms with Crippen LogP contribution in [0.4, 0.5) is 13.2 Å². The van der Waals surface area contributed by atoms with Gasteiger partial charge in [0.25, 0.3) is 0 Å². The zero-order valence-corrected chi connectivity index (χ0v) is 7.86. The van der Waals surface area contributed by atoms with Crippen LogP contribution in [0.3, 0.4) is 0 Å². The summed E-state index contributed by atoms with van der Waals surface area (Å²) in [5.74, 6) is 0.311. The first-order chi connectivity index (χ1) is 7.07. The van der Waals surface area contributed by atoms with Crippen LogP contribution >= 0.6 is 0 Å². The number of nitrogens with one attached hydrogen (secondary N) is 2. The highest BCUT2D eigenvalue weighted by Crippen LogP contribution is 2.45. The molecule has 1 fully saturated rings. The van der Waals surface area contributed by atoms with Crippen molar-refractivity contribution in [3.05, 3.63) is 17.0 Å². The molecular formula is C9H10F3N3. The van der Waals surface area contributed by atoms with Gasteiger partial charge in [0.05, 0.1) is 0 Å². The molecule has 1 saturated heterocycles. The first kappa shape index (κ1) is 9.21. The molecule has 3 rings (SSSR count). The minimum atomic E-state index is -4.33. The Morgan fingerprint density at radius 3 is 2.80 bits per heavy atom. The van der Waals surface area contributed by atoms with Gasteiger partial charge >= 0.3 is 6.18 Å². The molecule has 2 N–H and O–H groups in total. The first-order valence-electron chi connectivity index (χ1n) is 4.92. The van der Waals surface area contributed by atoms with Crippen LogP contribution in [0, 0.1) is 5.92 Å². The predicted octanol–water partition coefficient (Wildman–Crippen LogP) is 1.29. The standard InChI is InChI=1S/C9H10F3N3/c10-9(11,12)8-7-5-3-13-2-4(5)1-6(7)14-15-8/h4-5,13H,1-3H2,(H,14,15). The highest BCUT2D eigenvalue weighted by atomic mass is 19.4. The van der Waals surface area contributed by atoms with E-state index in [9.17, 15) is 13.2 Å². The highest BCUT2D eigenvalue weighted by Gasteiger charge is 2.46. The van der Waals surface area contributed by atoms with E-state index in [1.165, 1.54) is 0 Å². The van der Waals surface area contributed by atoms with Crippen molar-refractivity contribution in [2.75, 3.05) is 13.1 Å². The van der Waals surface area contributed by atoms with Crippen molar-refractivity contribution < 1.29 is 13.2 Å². The lowest BCUT2D eigenvalue weighted by Crippen LogP contribution is -2.13. The van der Waals surface area contributed by atoms with E-state index in [2.05, 4.69) is 15.5 Å². The second-order valence-electron chi connectivity index (χ2n) is 4.19. The molecule has 15 heavy (non-hydrogen) atoms. The molecule has 6 heteroatoms. The maximum Gasteiger partial charge on any atom is 0.435 e. The van der Waals surface area contributed by atoms with E-state index in [0.29, 0.717) is 30.1 Å². The number of halogens is 3. The van der Waals surface area contributed by atoms with Gasteiger partial charge in [0.2, 0.25) is 0 Å². The zero-order chi connectivity index (χ0) is 10.6. The highest BCUT2D eigenvalue weighted by molar-refractivity contribution is 5.38. The lowest BCUT2D eigenvalue weighted by Gasteiger charge is -2.11. The topological polar surface area (TPSA) is 40.7 Å². The third-order valence-corrected chi connectivity index (χ3v) is 3.33. The number of nitrogens with zero attached hydrogens (tertiary/aromatic N) is 1. The Labute approximate surface area is 84.1 Å². The van der Waals surface area contributed by atoms with Crippen molar-refractivity contribution in [1.29, 1.82) is 0 Å². The number of alkyl halides is 3. The van der Waals surface area contributed by atoms with Crippen LogP contribution in [0.25, 0.3) is 0 Å². The summed E-state index contributed by atoms with van der Waals surface area (Å²) in [5, 5.41) is 9.04. The summed E-state index contributed by atoms with van der Waals surface area (Å²) in [7, 11) is 0. The van der Waals surface area contributed by atoms with Crippen molar-refractivity contribution in [2.45, 2.75) is 18.5 Å². The van der Waals surface area contributed by atoms with Gasteiger partial charge in [-0.3, -0.25) is 5.10 Å². The third kappa shape index (κ3) is 1.20. The van der Waals surface area contributed by atoms with Crippen LogP contribution < -0.4 is 5.32 Å². The van der Waals surface area contributed by atoms with Crippen molar-refractivity contribution in [3.8, 4) is 0 Å². The van der Waals surface area contributed by atoms with Gasteiger partial charge in [-0.15, -0.1) is 0 Å². The Balaban J connectivity index is 2.08. The number of hydrogen-bond donors (Lipinski definition) is 2. The van der Waals surface area contributed by atoms with E-state index >= 15 is 0 Å². The number of H-pyrrole nitrogens is 1. The second kappa shape index (κ2) is 2.75. The maximum absolute atomic E-state index is 12.6. The van der Waals surface area contributed by atoms with E-state index in [1.807, 2.05) is 0 Å². The Morgan fingerprint density at radius 1 is 1.27 bits per heavy atom.